The maximum Gasteiger partial charge on any atom is 0.100 e. The summed E-state index contributed by atoms with van der Waals surface area (Å²) in [7, 11) is 0. The molecule has 1 nitrogen and oxygen atoms in total. The monoisotopic (exact) mass is 271 g/mol. The summed E-state index contributed by atoms with van der Waals surface area (Å²) in [6.45, 7) is 2.17. The highest BCUT2D eigenvalue weighted by atomic mass is 32.1. The molecule has 4 saturated carbocycles. The zero-order chi connectivity index (χ0) is 13.0. The van der Waals surface area contributed by atoms with Crippen LogP contribution in [0.3, 0.4) is 0 Å². The second-order valence-electron chi connectivity index (χ2n) is 6.91. The lowest BCUT2D eigenvalue weighted by molar-refractivity contribution is -0.00161. The van der Waals surface area contributed by atoms with Crippen LogP contribution in [-0.4, -0.2) is 0 Å². The SMILES string of the molecule is CCc1sc(C2C3CC4CC(C3)CC2C4)cc1C#N. The van der Waals surface area contributed by atoms with Gasteiger partial charge in [-0.15, -0.1) is 11.3 Å². The van der Waals surface area contributed by atoms with Crippen molar-refractivity contribution in [3.63, 3.8) is 0 Å². The van der Waals surface area contributed by atoms with Crippen molar-refractivity contribution in [2.45, 2.75) is 51.4 Å². The maximum atomic E-state index is 9.27. The van der Waals surface area contributed by atoms with Gasteiger partial charge in [0.15, 0.2) is 0 Å². The van der Waals surface area contributed by atoms with E-state index in [0.717, 1.165) is 41.6 Å². The molecule has 0 spiro atoms. The predicted molar refractivity (Wildman–Crippen MR) is 78.2 cm³/mol. The zero-order valence-corrected chi connectivity index (χ0v) is 12.4. The molecule has 4 bridgehead atoms. The molecule has 4 aliphatic rings. The van der Waals surface area contributed by atoms with Crippen LogP contribution in [0, 0.1) is 35.0 Å². The van der Waals surface area contributed by atoms with Crippen molar-refractivity contribution < 1.29 is 0 Å². The van der Waals surface area contributed by atoms with Crippen LogP contribution in [0.15, 0.2) is 6.07 Å². The molecule has 0 saturated heterocycles. The van der Waals surface area contributed by atoms with Crippen LogP contribution < -0.4 is 0 Å². The summed E-state index contributed by atoms with van der Waals surface area (Å²) in [5.74, 6) is 4.75. The lowest BCUT2D eigenvalue weighted by atomic mass is 9.51. The van der Waals surface area contributed by atoms with E-state index in [-0.39, 0.29) is 0 Å². The van der Waals surface area contributed by atoms with E-state index in [1.807, 2.05) is 11.3 Å². The molecule has 4 fully saturated rings. The Hall–Kier alpha value is -0.810. The fourth-order valence-electron chi connectivity index (χ4n) is 5.36. The lowest BCUT2D eigenvalue weighted by Crippen LogP contribution is -2.43. The van der Waals surface area contributed by atoms with Gasteiger partial charge in [0, 0.05) is 9.75 Å². The third-order valence-electron chi connectivity index (χ3n) is 5.82. The zero-order valence-electron chi connectivity index (χ0n) is 11.6. The first-order valence-corrected chi connectivity index (χ1v) is 8.62. The number of rotatable bonds is 2. The van der Waals surface area contributed by atoms with E-state index in [0.29, 0.717) is 0 Å². The first-order chi connectivity index (χ1) is 9.28. The van der Waals surface area contributed by atoms with E-state index in [4.69, 9.17) is 0 Å². The van der Waals surface area contributed by atoms with E-state index in [9.17, 15) is 5.26 Å². The molecule has 0 unspecified atom stereocenters. The molecule has 0 N–H and O–H groups in total. The van der Waals surface area contributed by atoms with Crippen molar-refractivity contribution in [1.29, 1.82) is 5.26 Å². The number of aryl methyl sites for hydroxylation is 1. The van der Waals surface area contributed by atoms with Gasteiger partial charge >= 0.3 is 0 Å². The Kier molecular flexibility index (Phi) is 2.74. The number of nitriles is 1. The van der Waals surface area contributed by atoms with Gasteiger partial charge in [-0.3, -0.25) is 0 Å². The minimum absolute atomic E-state index is 0.796. The molecule has 100 valence electrons. The topological polar surface area (TPSA) is 23.8 Å². The highest BCUT2D eigenvalue weighted by Gasteiger charge is 2.49. The van der Waals surface area contributed by atoms with Crippen molar-refractivity contribution in [1.82, 2.24) is 0 Å². The molecule has 1 aromatic heterocycles. The van der Waals surface area contributed by atoms with Crippen LogP contribution in [0.1, 0.15) is 60.3 Å². The fourth-order valence-corrected chi connectivity index (χ4v) is 6.70. The number of hydrogen-bond acceptors (Lipinski definition) is 2. The Labute approximate surface area is 119 Å². The summed E-state index contributed by atoms with van der Waals surface area (Å²) in [6.07, 6.45) is 8.42. The smallest absolute Gasteiger partial charge is 0.100 e. The molecule has 19 heavy (non-hydrogen) atoms. The Morgan fingerprint density at radius 2 is 1.79 bits per heavy atom. The molecule has 2 heteroatoms. The number of thiophene rings is 1. The van der Waals surface area contributed by atoms with Gasteiger partial charge in [0.2, 0.25) is 0 Å². The van der Waals surface area contributed by atoms with Gasteiger partial charge in [-0.25, -0.2) is 0 Å². The van der Waals surface area contributed by atoms with E-state index < -0.39 is 0 Å². The lowest BCUT2D eigenvalue weighted by Gasteiger charge is -2.54. The minimum atomic E-state index is 0.796. The Morgan fingerprint density at radius 3 is 2.26 bits per heavy atom. The maximum absolute atomic E-state index is 9.27. The molecule has 0 aliphatic heterocycles. The van der Waals surface area contributed by atoms with Crippen LogP contribution in [0.4, 0.5) is 0 Å². The summed E-state index contributed by atoms with van der Waals surface area (Å²) < 4.78 is 0. The average Bonchev–Trinajstić information content (AvgIpc) is 2.80. The first-order valence-electron chi connectivity index (χ1n) is 7.81. The van der Waals surface area contributed by atoms with E-state index in [1.54, 1.807) is 4.88 Å². The number of nitrogens with zero attached hydrogens (tertiary/aromatic N) is 1. The molecule has 1 aromatic rings. The third kappa shape index (κ3) is 1.78. The molecule has 0 radical (unpaired) electrons. The van der Waals surface area contributed by atoms with Crippen LogP contribution in [0.2, 0.25) is 0 Å². The van der Waals surface area contributed by atoms with Crippen molar-refractivity contribution in [3.8, 4) is 6.07 Å². The first kappa shape index (κ1) is 12.0. The second-order valence-corrected chi connectivity index (χ2v) is 8.08. The standard InChI is InChI=1S/C17H21NS/c1-2-15-14(9-18)8-16(19-15)17-12-4-10-3-11(6-12)7-13(17)5-10/h8,10-13,17H,2-7H2,1H3. The fraction of sp³-hybridized carbons (Fsp3) is 0.706. The summed E-state index contributed by atoms with van der Waals surface area (Å²) in [6, 6.07) is 4.63. The number of hydrogen-bond donors (Lipinski definition) is 0. The van der Waals surface area contributed by atoms with E-state index in [2.05, 4.69) is 19.1 Å². The van der Waals surface area contributed by atoms with Gasteiger partial charge in [0.25, 0.3) is 0 Å². The van der Waals surface area contributed by atoms with E-state index in [1.165, 1.54) is 37.0 Å². The molecular formula is C17H21NS. The molecule has 4 aliphatic carbocycles. The molecule has 5 rings (SSSR count). The summed E-state index contributed by atoms with van der Waals surface area (Å²) >= 11 is 1.94. The Morgan fingerprint density at radius 1 is 1.16 bits per heavy atom. The van der Waals surface area contributed by atoms with Crippen molar-refractivity contribution in [2.75, 3.05) is 0 Å². The van der Waals surface area contributed by atoms with Gasteiger partial charge in [-0.05, 0) is 74.2 Å². The van der Waals surface area contributed by atoms with E-state index >= 15 is 0 Å². The molecule has 1 heterocycles. The molecule has 0 atom stereocenters. The van der Waals surface area contributed by atoms with Crippen molar-refractivity contribution >= 4 is 11.3 Å². The summed E-state index contributed by atoms with van der Waals surface area (Å²) in [4.78, 5) is 2.86. The van der Waals surface area contributed by atoms with Crippen LogP contribution in [-0.2, 0) is 6.42 Å². The van der Waals surface area contributed by atoms with Gasteiger partial charge in [-0.1, -0.05) is 6.92 Å². The van der Waals surface area contributed by atoms with Crippen LogP contribution in [0.25, 0.3) is 0 Å². The van der Waals surface area contributed by atoms with Gasteiger partial charge in [0.1, 0.15) is 6.07 Å². The second kappa shape index (κ2) is 4.35. The summed E-state index contributed by atoms with van der Waals surface area (Å²) in [5, 5.41) is 9.27. The minimum Gasteiger partial charge on any atom is -0.192 e. The van der Waals surface area contributed by atoms with Gasteiger partial charge in [0.05, 0.1) is 5.56 Å². The van der Waals surface area contributed by atoms with Gasteiger partial charge in [-0.2, -0.15) is 5.26 Å². The normalized spacial score (nSPS) is 39.5. The van der Waals surface area contributed by atoms with Gasteiger partial charge < -0.3 is 0 Å². The highest BCUT2D eigenvalue weighted by molar-refractivity contribution is 7.12. The third-order valence-corrected chi connectivity index (χ3v) is 7.21. The Bertz CT molecular complexity index is 508. The summed E-state index contributed by atoms with van der Waals surface area (Å²) in [5.41, 5.74) is 0.955. The highest BCUT2D eigenvalue weighted by Crippen LogP contribution is 2.60. The molecule has 0 aromatic carbocycles. The molecule has 0 amide bonds. The largest absolute Gasteiger partial charge is 0.192 e. The molecular weight excluding hydrogens is 250 g/mol. The van der Waals surface area contributed by atoms with Crippen molar-refractivity contribution in [2.24, 2.45) is 23.7 Å². The quantitative estimate of drug-likeness (QED) is 0.763. The van der Waals surface area contributed by atoms with Crippen molar-refractivity contribution in [3.05, 3.63) is 21.4 Å². The Balaban J connectivity index is 1.69. The average molecular weight is 271 g/mol. The van der Waals surface area contributed by atoms with Crippen LogP contribution >= 0.6 is 11.3 Å². The predicted octanol–water partition coefficient (Wildman–Crippen LogP) is 4.72. The van der Waals surface area contributed by atoms with Crippen LogP contribution in [0.5, 0.6) is 0 Å².